The maximum atomic E-state index is 10.3. The third-order valence-corrected chi connectivity index (χ3v) is 11.0. The predicted molar refractivity (Wildman–Crippen MR) is 279 cm³/mol. The molecule has 0 atom stereocenters. The average molecular weight is 955 g/mol. The van der Waals surface area contributed by atoms with E-state index in [0.29, 0.717) is 19.3 Å². The summed E-state index contributed by atoms with van der Waals surface area (Å²) in [6, 6.07) is 0. The second-order valence-corrected chi connectivity index (χ2v) is 18.3. The first kappa shape index (κ1) is 72.3. The number of carboxylic acids is 3. The zero-order chi connectivity index (χ0) is 48.3. The summed E-state index contributed by atoms with van der Waals surface area (Å²) in [5.41, 5.74) is 0. The van der Waals surface area contributed by atoms with Crippen LogP contribution in [0.5, 0.6) is 0 Å². The number of hydrogen-bond donors (Lipinski definition) is 4. The molecule has 7 nitrogen and oxygen atoms in total. The summed E-state index contributed by atoms with van der Waals surface area (Å²) in [5, 5.41) is 33.6. The minimum absolute atomic E-state index is 0. The number of carbonyl (C=O) groups is 3. The number of rotatable bonds is 45. The predicted octanol–water partition coefficient (Wildman–Crippen LogP) is 18.7. The maximum Gasteiger partial charge on any atom is 0.303 e. The quantitative estimate of drug-likeness (QED) is 0.0271. The Morgan fingerprint density at radius 3 is 0.600 bits per heavy atom. The number of allylic oxidation sites excluding steroid dienone is 6. The van der Waals surface area contributed by atoms with Crippen LogP contribution in [0, 0.1) is 0 Å². The maximum absolute atomic E-state index is 10.3. The standard InChI is InChI=1S/3C18H34O2.C3H8O.Ti/c3*1-2-3-4-5-6-7-8-9-10-11-12-13-14-15-16-17-18(19)20;1-3(2)4;/h3*9-10H,2-8,11-17H2,1H3,(H,19,20);3-4H,1-2H3;/b3*10-9-;;. The van der Waals surface area contributed by atoms with Gasteiger partial charge in [0.15, 0.2) is 0 Å². The summed E-state index contributed by atoms with van der Waals surface area (Å²) >= 11 is 0. The zero-order valence-electron chi connectivity index (χ0n) is 43.8. The number of aliphatic carboxylic acids is 3. The van der Waals surface area contributed by atoms with Crippen molar-refractivity contribution in [2.24, 2.45) is 0 Å². The van der Waals surface area contributed by atoms with E-state index in [0.717, 1.165) is 38.5 Å². The molecule has 0 unspecified atom stereocenters. The molecule has 0 aromatic carbocycles. The molecule has 0 spiro atoms. The summed E-state index contributed by atoms with van der Waals surface area (Å²) in [6.07, 6.45) is 63.6. The Morgan fingerprint density at radius 1 is 0.308 bits per heavy atom. The van der Waals surface area contributed by atoms with E-state index < -0.39 is 17.9 Å². The van der Waals surface area contributed by atoms with Crippen molar-refractivity contribution in [3.8, 4) is 0 Å². The number of carboxylic acid groups (broad SMARTS) is 3. The molecule has 0 fully saturated rings. The fourth-order valence-corrected chi connectivity index (χ4v) is 7.04. The molecule has 0 heterocycles. The minimum Gasteiger partial charge on any atom is -0.481 e. The van der Waals surface area contributed by atoms with Gasteiger partial charge in [-0.2, -0.15) is 0 Å². The second kappa shape index (κ2) is 68.9. The van der Waals surface area contributed by atoms with Crippen LogP contribution in [0.3, 0.4) is 0 Å². The molecule has 4 N–H and O–H groups in total. The van der Waals surface area contributed by atoms with E-state index in [2.05, 4.69) is 57.2 Å². The van der Waals surface area contributed by atoms with Crippen LogP contribution in [0.4, 0.5) is 0 Å². The van der Waals surface area contributed by atoms with Gasteiger partial charge in [-0.05, 0) is 110 Å². The molecule has 0 saturated heterocycles. The molecule has 384 valence electrons. The van der Waals surface area contributed by atoms with E-state index in [9.17, 15) is 14.4 Å². The molecular formula is C57H110O7Ti. The topological polar surface area (TPSA) is 132 Å². The molecule has 0 radical (unpaired) electrons. The smallest absolute Gasteiger partial charge is 0.303 e. The van der Waals surface area contributed by atoms with Crippen LogP contribution in [0.2, 0.25) is 0 Å². The summed E-state index contributed by atoms with van der Waals surface area (Å²) in [6.45, 7) is 10.2. The monoisotopic (exact) mass is 955 g/mol. The van der Waals surface area contributed by atoms with Gasteiger partial charge in [0.2, 0.25) is 0 Å². The van der Waals surface area contributed by atoms with Crippen molar-refractivity contribution in [3.05, 3.63) is 36.5 Å². The van der Waals surface area contributed by atoms with Crippen LogP contribution in [0.25, 0.3) is 0 Å². The van der Waals surface area contributed by atoms with E-state index in [1.807, 2.05) is 0 Å². The summed E-state index contributed by atoms with van der Waals surface area (Å²) in [4.78, 5) is 31.0. The van der Waals surface area contributed by atoms with Gasteiger partial charge in [0, 0.05) is 47.1 Å². The first-order chi connectivity index (χ1) is 31.0. The fourth-order valence-electron chi connectivity index (χ4n) is 7.04. The SMILES string of the molecule is CC(C)O.CCCCCCCC/C=C\CCCCCCCC(=O)O.CCCCCCCC/C=C\CCCCCCCC(=O)O.CCCCCCCC/C=C\CCCCCCCC(=O)O.[Ti]. The molecule has 8 heteroatoms. The zero-order valence-corrected chi connectivity index (χ0v) is 45.3. The molecule has 0 aliphatic heterocycles. The number of aliphatic hydroxyl groups excluding tert-OH is 1. The fraction of sp³-hybridized carbons (Fsp3) is 0.842. The van der Waals surface area contributed by atoms with Gasteiger partial charge in [0.1, 0.15) is 0 Å². The van der Waals surface area contributed by atoms with Crippen molar-refractivity contribution >= 4 is 17.9 Å². The van der Waals surface area contributed by atoms with Crippen LogP contribution < -0.4 is 0 Å². The molecule has 0 bridgehead atoms. The Hall–Kier alpha value is -1.70. The Kier molecular flexibility index (Phi) is 76.6. The normalized spacial score (nSPS) is 10.9. The minimum atomic E-state index is -0.664. The van der Waals surface area contributed by atoms with E-state index in [-0.39, 0.29) is 27.8 Å². The van der Waals surface area contributed by atoms with Crippen molar-refractivity contribution in [1.82, 2.24) is 0 Å². The first-order valence-electron chi connectivity index (χ1n) is 27.3. The van der Waals surface area contributed by atoms with E-state index in [4.69, 9.17) is 20.4 Å². The third-order valence-electron chi connectivity index (χ3n) is 11.0. The Morgan fingerprint density at radius 2 is 0.446 bits per heavy atom. The summed E-state index contributed by atoms with van der Waals surface area (Å²) in [5.74, 6) is -1.99. The molecule has 0 saturated carbocycles. The van der Waals surface area contributed by atoms with Gasteiger partial charge in [-0.15, -0.1) is 0 Å². The molecule has 65 heavy (non-hydrogen) atoms. The van der Waals surface area contributed by atoms with Gasteiger partial charge in [0.05, 0.1) is 0 Å². The van der Waals surface area contributed by atoms with Gasteiger partial charge in [-0.1, -0.05) is 211 Å². The number of hydrogen-bond acceptors (Lipinski definition) is 4. The molecule has 0 aromatic heterocycles. The van der Waals surface area contributed by atoms with E-state index in [1.165, 1.54) is 212 Å². The van der Waals surface area contributed by atoms with Crippen molar-refractivity contribution < 1.29 is 56.5 Å². The molecular weight excluding hydrogens is 844 g/mol. The Labute approximate surface area is 419 Å². The van der Waals surface area contributed by atoms with Crippen LogP contribution >= 0.6 is 0 Å². The van der Waals surface area contributed by atoms with E-state index in [1.54, 1.807) is 13.8 Å². The summed E-state index contributed by atoms with van der Waals surface area (Å²) in [7, 11) is 0. The van der Waals surface area contributed by atoms with Gasteiger partial charge in [-0.3, -0.25) is 14.4 Å². The van der Waals surface area contributed by atoms with Crippen LogP contribution in [0.15, 0.2) is 36.5 Å². The van der Waals surface area contributed by atoms with Gasteiger partial charge >= 0.3 is 17.9 Å². The largest absolute Gasteiger partial charge is 0.481 e. The van der Waals surface area contributed by atoms with Crippen molar-refractivity contribution in [2.45, 2.75) is 310 Å². The van der Waals surface area contributed by atoms with Gasteiger partial charge in [-0.25, -0.2) is 0 Å². The summed E-state index contributed by atoms with van der Waals surface area (Å²) < 4.78 is 0. The molecule has 0 aliphatic rings. The van der Waals surface area contributed by atoms with Crippen molar-refractivity contribution in [2.75, 3.05) is 0 Å². The van der Waals surface area contributed by atoms with Crippen LogP contribution in [0.1, 0.15) is 304 Å². The van der Waals surface area contributed by atoms with E-state index >= 15 is 0 Å². The third kappa shape index (κ3) is 93.2. The van der Waals surface area contributed by atoms with Gasteiger partial charge in [0.25, 0.3) is 0 Å². The van der Waals surface area contributed by atoms with Crippen LogP contribution in [-0.2, 0) is 36.1 Å². The second-order valence-electron chi connectivity index (χ2n) is 18.3. The number of aliphatic hydroxyl groups is 1. The van der Waals surface area contributed by atoms with Crippen molar-refractivity contribution in [3.63, 3.8) is 0 Å². The van der Waals surface area contributed by atoms with Crippen molar-refractivity contribution in [1.29, 1.82) is 0 Å². The Balaban J connectivity index is -0.000000263. The molecule has 0 aromatic rings. The molecule has 0 amide bonds. The molecule has 0 aliphatic carbocycles. The van der Waals surface area contributed by atoms with Gasteiger partial charge < -0.3 is 20.4 Å². The average Bonchev–Trinajstić information content (AvgIpc) is 3.25. The first-order valence-corrected chi connectivity index (χ1v) is 27.3. The van der Waals surface area contributed by atoms with Crippen LogP contribution in [-0.4, -0.2) is 44.4 Å². The Bertz CT molecular complexity index is 872. The number of unbranched alkanes of at least 4 members (excludes halogenated alkanes) is 33. The molecule has 0 rings (SSSR count).